The summed E-state index contributed by atoms with van der Waals surface area (Å²) in [6.45, 7) is 0. The first kappa shape index (κ1) is 28.3. The molecular formula is C47H31N3. The van der Waals surface area contributed by atoms with Crippen LogP contribution >= 0.6 is 0 Å². The van der Waals surface area contributed by atoms with Crippen molar-refractivity contribution in [3.63, 3.8) is 0 Å². The van der Waals surface area contributed by atoms with Crippen LogP contribution in [-0.4, -0.2) is 14.1 Å². The predicted octanol–water partition coefficient (Wildman–Crippen LogP) is 12.3. The van der Waals surface area contributed by atoms with Gasteiger partial charge in [-0.25, -0.2) is 4.98 Å². The molecule has 50 heavy (non-hydrogen) atoms. The molecule has 0 spiro atoms. The van der Waals surface area contributed by atoms with Crippen LogP contribution in [0.4, 0.5) is 0 Å². The highest BCUT2D eigenvalue weighted by atomic mass is 15.0. The molecule has 0 saturated carbocycles. The van der Waals surface area contributed by atoms with Crippen molar-refractivity contribution in [3.8, 4) is 44.8 Å². The third-order valence-corrected chi connectivity index (χ3v) is 9.94. The Morgan fingerprint density at radius 1 is 0.300 bits per heavy atom. The largest absolute Gasteiger partial charge is 0.309 e. The molecule has 0 N–H and O–H groups in total. The van der Waals surface area contributed by atoms with E-state index in [1.807, 2.05) is 6.20 Å². The first-order chi connectivity index (χ1) is 24.8. The molecule has 3 nitrogen and oxygen atoms in total. The Morgan fingerprint density at radius 3 is 1.44 bits per heavy atom. The normalized spacial score (nSPS) is 11.6. The van der Waals surface area contributed by atoms with Gasteiger partial charge in [-0.2, -0.15) is 0 Å². The number of hydrogen-bond donors (Lipinski definition) is 0. The SMILES string of the molecule is c1ccc(-c2cccc(-n3c4ccccc4c4cc(-c5cnc6c(c5)c5ccccc5n6-c5cccc(-c6ccccc6)c5)ccc43)c2)cc1. The van der Waals surface area contributed by atoms with E-state index in [2.05, 4.69) is 191 Å². The maximum Gasteiger partial charge on any atom is 0.145 e. The van der Waals surface area contributed by atoms with E-state index in [-0.39, 0.29) is 0 Å². The van der Waals surface area contributed by atoms with Crippen LogP contribution in [0.2, 0.25) is 0 Å². The van der Waals surface area contributed by atoms with Gasteiger partial charge in [-0.15, -0.1) is 0 Å². The summed E-state index contributed by atoms with van der Waals surface area (Å²) in [5.74, 6) is 0. The van der Waals surface area contributed by atoms with E-state index < -0.39 is 0 Å². The molecule has 0 aliphatic carbocycles. The predicted molar refractivity (Wildman–Crippen MR) is 209 cm³/mol. The first-order valence-electron chi connectivity index (χ1n) is 17.0. The van der Waals surface area contributed by atoms with Gasteiger partial charge in [0.05, 0.1) is 16.6 Å². The van der Waals surface area contributed by atoms with Crippen molar-refractivity contribution in [1.29, 1.82) is 0 Å². The molecular weight excluding hydrogens is 607 g/mol. The monoisotopic (exact) mass is 637 g/mol. The van der Waals surface area contributed by atoms with Crippen molar-refractivity contribution in [3.05, 3.63) is 188 Å². The highest BCUT2D eigenvalue weighted by Crippen LogP contribution is 2.38. The van der Waals surface area contributed by atoms with Gasteiger partial charge >= 0.3 is 0 Å². The van der Waals surface area contributed by atoms with Gasteiger partial charge in [-0.1, -0.05) is 127 Å². The zero-order valence-corrected chi connectivity index (χ0v) is 27.2. The molecule has 0 bridgehead atoms. The van der Waals surface area contributed by atoms with Crippen LogP contribution in [-0.2, 0) is 0 Å². The van der Waals surface area contributed by atoms with Crippen molar-refractivity contribution in [2.45, 2.75) is 0 Å². The van der Waals surface area contributed by atoms with Gasteiger partial charge in [-0.3, -0.25) is 4.57 Å². The standard InChI is InChI=1S/C47H31N3/c1-3-13-32(14-4-1)34-17-11-19-38(27-34)49-44-23-9-7-21-40(44)42-29-36(25-26-46(42)49)37-30-43-41-22-8-10-24-45(41)50(47(43)48-31-37)39-20-12-18-35(28-39)33-15-5-2-6-16-33/h1-31H. The highest BCUT2D eigenvalue weighted by Gasteiger charge is 2.17. The van der Waals surface area contributed by atoms with Gasteiger partial charge in [0.25, 0.3) is 0 Å². The summed E-state index contributed by atoms with van der Waals surface area (Å²) in [4.78, 5) is 5.16. The lowest BCUT2D eigenvalue weighted by atomic mass is 10.0. The number of rotatable bonds is 5. The molecule has 0 aliphatic rings. The van der Waals surface area contributed by atoms with Gasteiger partial charge in [0.1, 0.15) is 5.65 Å². The van der Waals surface area contributed by atoms with E-state index in [1.54, 1.807) is 0 Å². The average Bonchev–Trinajstić information content (AvgIpc) is 3.71. The minimum absolute atomic E-state index is 0.955. The Kier molecular flexibility index (Phi) is 6.49. The number of pyridine rings is 1. The van der Waals surface area contributed by atoms with Gasteiger partial charge in [-0.05, 0) is 82.4 Å². The van der Waals surface area contributed by atoms with Gasteiger partial charge < -0.3 is 4.57 Å². The maximum absolute atomic E-state index is 5.16. The molecule has 234 valence electrons. The van der Waals surface area contributed by atoms with Crippen molar-refractivity contribution in [1.82, 2.24) is 14.1 Å². The second-order valence-corrected chi connectivity index (χ2v) is 12.9. The van der Waals surface area contributed by atoms with Gasteiger partial charge in [0.2, 0.25) is 0 Å². The Morgan fingerprint density at radius 2 is 0.780 bits per heavy atom. The number of nitrogens with zero attached hydrogens (tertiary/aromatic N) is 3. The molecule has 3 heteroatoms. The molecule has 0 fully saturated rings. The molecule has 3 heterocycles. The Hall–Kier alpha value is -6.71. The molecule has 7 aromatic carbocycles. The zero-order valence-electron chi connectivity index (χ0n) is 27.2. The van der Waals surface area contributed by atoms with Crippen LogP contribution in [0.5, 0.6) is 0 Å². The van der Waals surface area contributed by atoms with Crippen molar-refractivity contribution in [2.24, 2.45) is 0 Å². The van der Waals surface area contributed by atoms with E-state index in [0.717, 1.165) is 39.1 Å². The molecule has 10 rings (SSSR count). The molecule has 0 radical (unpaired) electrons. The third kappa shape index (κ3) is 4.56. The van der Waals surface area contributed by atoms with Crippen molar-refractivity contribution in [2.75, 3.05) is 0 Å². The van der Waals surface area contributed by atoms with Crippen LogP contribution in [0.15, 0.2) is 188 Å². The minimum atomic E-state index is 0.955. The summed E-state index contributed by atoms with van der Waals surface area (Å²) in [7, 11) is 0. The molecule has 0 saturated heterocycles. The molecule has 0 atom stereocenters. The van der Waals surface area contributed by atoms with E-state index in [1.165, 1.54) is 49.4 Å². The Bertz CT molecular complexity index is 2660. The summed E-state index contributed by atoms with van der Waals surface area (Å²) < 4.78 is 4.68. The molecule has 0 amide bonds. The fourth-order valence-corrected chi connectivity index (χ4v) is 7.60. The quantitative estimate of drug-likeness (QED) is 0.184. The lowest BCUT2D eigenvalue weighted by Crippen LogP contribution is -1.96. The summed E-state index contributed by atoms with van der Waals surface area (Å²) in [6, 6.07) is 65.2. The lowest BCUT2D eigenvalue weighted by molar-refractivity contribution is 1.14. The van der Waals surface area contributed by atoms with Crippen LogP contribution in [0.3, 0.4) is 0 Å². The lowest BCUT2D eigenvalue weighted by Gasteiger charge is -2.11. The Balaban J connectivity index is 1.12. The van der Waals surface area contributed by atoms with E-state index in [0.29, 0.717) is 0 Å². The topological polar surface area (TPSA) is 22.8 Å². The maximum atomic E-state index is 5.16. The van der Waals surface area contributed by atoms with Crippen LogP contribution in [0.25, 0.3) is 88.5 Å². The number of para-hydroxylation sites is 2. The fraction of sp³-hybridized carbons (Fsp3) is 0. The van der Waals surface area contributed by atoms with Crippen molar-refractivity contribution >= 4 is 43.7 Å². The van der Waals surface area contributed by atoms with Crippen LogP contribution in [0.1, 0.15) is 0 Å². The first-order valence-corrected chi connectivity index (χ1v) is 17.0. The van der Waals surface area contributed by atoms with Gasteiger partial charge in [0, 0.05) is 44.7 Å². The fourth-order valence-electron chi connectivity index (χ4n) is 7.60. The summed E-state index contributed by atoms with van der Waals surface area (Å²) >= 11 is 0. The number of hydrogen-bond acceptors (Lipinski definition) is 1. The van der Waals surface area contributed by atoms with Gasteiger partial charge in [0.15, 0.2) is 0 Å². The molecule has 10 aromatic rings. The van der Waals surface area contributed by atoms with Crippen LogP contribution in [0, 0.1) is 0 Å². The molecule has 3 aromatic heterocycles. The third-order valence-electron chi connectivity index (χ3n) is 9.94. The second kappa shape index (κ2) is 11.5. The minimum Gasteiger partial charge on any atom is -0.309 e. The zero-order chi connectivity index (χ0) is 33.0. The number of benzene rings is 7. The van der Waals surface area contributed by atoms with Crippen molar-refractivity contribution < 1.29 is 0 Å². The smallest absolute Gasteiger partial charge is 0.145 e. The number of fused-ring (bicyclic) bond motifs is 6. The molecule has 0 unspecified atom stereocenters. The number of aromatic nitrogens is 3. The average molecular weight is 638 g/mol. The Labute approximate surface area is 290 Å². The van der Waals surface area contributed by atoms with E-state index in [9.17, 15) is 0 Å². The van der Waals surface area contributed by atoms with E-state index in [4.69, 9.17) is 4.98 Å². The molecule has 0 aliphatic heterocycles. The highest BCUT2D eigenvalue weighted by molar-refractivity contribution is 6.12. The van der Waals surface area contributed by atoms with E-state index >= 15 is 0 Å². The summed E-state index contributed by atoms with van der Waals surface area (Å²) in [5.41, 5.74) is 13.8. The van der Waals surface area contributed by atoms with Crippen LogP contribution < -0.4 is 0 Å². The summed E-state index contributed by atoms with van der Waals surface area (Å²) in [5, 5.41) is 4.79. The summed E-state index contributed by atoms with van der Waals surface area (Å²) in [6.07, 6.45) is 2.03. The second-order valence-electron chi connectivity index (χ2n) is 12.9.